The summed E-state index contributed by atoms with van der Waals surface area (Å²) >= 11 is 0. The van der Waals surface area contributed by atoms with Crippen molar-refractivity contribution in [3.63, 3.8) is 0 Å². The van der Waals surface area contributed by atoms with E-state index in [1.807, 2.05) is 20.8 Å². The second-order valence-electron chi connectivity index (χ2n) is 3.96. The van der Waals surface area contributed by atoms with Crippen LogP contribution in [-0.2, 0) is 6.42 Å². The van der Waals surface area contributed by atoms with Gasteiger partial charge in [0.25, 0.3) is 0 Å². The predicted octanol–water partition coefficient (Wildman–Crippen LogP) is 3.82. The average Bonchev–Trinajstić information content (AvgIpc) is 2.30. The first kappa shape index (κ1) is 13.6. The highest BCUT2D eigenvalue weighted by Gasteiger charge is 2.08. The molecule has 0 N–H and O–H groups in total. The van der Waals surface area contributed by atoms with Crippen LogP contribution >= 0.6 is 0 Å². The van der Waals surface area contributed by atoms with Gasteiger partial charge in [0.2, 0.25) is 0 Å². The molecule has 0 aliphatic carbocycles. The first-order valence-electron chi connectivity index (χ1n) is 6.07. The molecule has 1 aromatic rings. The molecular weight excluding hydrogens is 215 g/mol. The van der Waals surface area contributed by atoms with Crippen LogP contribution in [0.25, 0.3) is 0 Å². The van der Waals surface area contributed by atoms with Gasteiger partial charge < -0.3 is 4.74 Å². The van der Waals surface area contributed by atoms with Crippen LogP contribution < -0.4 is 4.74 Å². The molecule has 1 atom stereocenters. The van der Waals surface area contributed by atoms with E-state index in [1.54, 1.807) is 6.07 Å². The minimum atomic E-state index is -0.223. The summed E-state index contributed by atoms with van der Waals surface area (Å²) in [6.45, 7) is 6.58. The summed E-state index contributed by atoms with van der Waals surface area (Å²) in [5.74, 6) is 6.95. The minimum absolute atomic E-state index is 0.218. The van der Waals surface area contributed by atoms with Crippen molar-refractivity contribution in [2.75, 3.05) is 6.61 Å². The molecule has 1 rings (SSSR count). The van der Waals surface area contributed by atoms with Crippen LogP contribution in [0, 0.1) is 23.6 Å². The smallest absolute Gasteiger partial charge is 0.123 e. The normalized spacial score (nSPS) is 11.5. The lowest BCUT2D eigenvalue weighted by Gasteiger charge is -2.11. The van der Waals surface area contributed by atoms with Gasteiger partial charge in [-0.3, -0.25) is 0 Å². The number of benzene rings is 1. The molecule has 1 unspecified atom stereocenters. The molecule has 0 amide bonds. The van der Waals surface area contributed by atoms with Crippen molar-refractivity contribution < 1.29 is 9.13 Å². The lowest BCUT2D eigenvalue weighted by Crippen LogP contribution is -2.02. The maximum atomic E-state index is 13.2. The van der Waals surface area contributed by atoms with Crippen molar-refractivity contribution in [1.82, 2.24) is 0 Å². The van der Waals surface area contributed by atoms with E-state index in [0.717, 1.165) is 24.2 Å². The Bertz CT molecular complexity index is 415. The first-order valence-corrected chi connectivity index (χ1v) is 6.07. The van der Waals surface area contributed by atoms with E-state index in [9.17, 15) is 4.39 Å². The van der Waals surface area contributed by atoms with Gasteiger partial charge in [0.05, 0.1) is 6.61 Å². The topological polar surface area (TPSA) is 9.23 Å². The Kier molecular flexibility index (Phi) is 5.56. The molecule has 0 saturated heterocycles. The van der Waals surface area contributed by atoms with Crippen molar-refractivity contribution in [2.45, 2.75) is 33.6 Å². The van der Waals surface area contributed by atoms with Gasteiger partial charge in [0, 0.05) is 12.3 Å². The number of rotatable bonds is 4. The molecule has 1 aromatic carbocycles. The van der Waals surface area contributed by atoms with Crippen LogP contribution in [0.15, 0.2) is 18.2 Å². The van der Waals surface area contributed by atoms with Crippen molar-refractivity contribution >= 4 is 0 Å². The van der Waals surface area contributed by atoms with Crippen LogP contribution in [0.2, 0.25) is 0 Å². The zero-order chi connectivity index (χ0) is 12.7. The Morgan fingerprint density at radius 2 is 2.12 bits per heavy atom. The summed E-state index contributed by atoms with van der Waals surface area (Å²) in [6, 6.07) is 4.65. The third kappa shape index (κ3) is 4.48. The van der Waals surface area contributed by atoms with Crippen molar-refractivity contribution in [1.29, 1.82) is 0 Å². The molecule has 1 nitrogen and oxygen atoms in total. The van der Waals surface area contributed by atoms with Gasteiger partial charge in [-0.05, 0) is 37.1 Å². The Morgan fingerprint density at radius 3 is 2.76 bits per heavy atom. The van der Waals surface area contributed by atoms with Gasteiger partial charge >= 0.3 is 0 Å². The van der Waals surface area contributed by atoms with Gasteiger partial charge in [-0.1, -0.05) is 19.8 Å². The summed E-state index contributed by atoms with van der Waals surface area (Å²) in [7, 11) is 0. The molecule has 0 aliphatic heterocycles. The molecule has 0 saturated carbocycles. The van der Waals surface area contributed by atoms with E-state index in [-0.39, 0.29) is 11.7 Å². The van der Waals surface area contributed by atoms with Crippen LogP contribution in [0.5, 0.6) is 5.75 Å². The van der Waals surface area contributed by atoms with Crippen molar-refractivity contribution in [3.8, 4) is 17.6 Å². The monoisotopic (exact) mass is 234 g/mol. The Labute approximate surface area is 103 Å². The number of ether oxygens (including phenoxy) is 1. The average molecular weight is 234 g/mol. The summed E-state index contributed by atoms with van der Waals surface area (Å²) < 4.78 is 18.7. The van der Waals surface area contributed by atoms with E-state index in [1.165, 1.54) is 12.1 Å². The number of hydrogen-bond donors (Lipinski definition) is 0. The van der Waals surface area contributed by atoms with Crippen molar-refractivity contribution in [2.24, 2.45) is 5.92 Å². The molecule has 92 valence electrons. The van der Waals surface area contributed by atoms with E-state index in [2.05, 4.69) is 11.8 Å². The van der Waals surface area contributed by atoms with E-state index >= 15 is 0 Å². The predicted molar refractivity (Wildman–Crippen MR) is 68.5 cm³/mol. The fraction of sp³-hybridized carbons (Fsp3) is 0.467. The van der Waals surface area contributed by atoms with Gasteiger partial charge in [-0.2, -0.15) is 0 Å². The quantitative estimate of drug-likeness (QED) is 0.720. The third-order valence-electron chi connectivity index (χ3n) is 2.37. The summed E-state index contributed by atoms with van der Waals surface area (Å²) in [4.78, 5) is 0. The molecule has 0 fully saturated rings. The van der Waals surface area contributed by atoms with Gasteiger partial charge in [0.15, 0.2) is 0 Å². The Balaban J connectivity index is 2.83. The second kappa shape index (κ2) is 6.96. The summed E-state index contributed by atoms with van der Waals surface area (Å²) in [6.07, 6.45) is 1.58. The van der Waals surface area contributed by atoms with Crippen LogP contribution in [-0.4, -0.2) is 6.61 Å². The van der Waals surface area contributed by atoms with Crippen LogP contribution in [0.1, 0.15) is 32.8 Å². The SMILES string of the molecule is CCC#CC(C)Cc1cc(F)ccc1OCC. The lowest BCUT2D eigenvalue weighted by atomic mass is 10.0. The highest BCUT2D eigenvalue weighted by atomic mass is 19.1. The van der Waals surface area contributed by atoms with E-state index in [4.69, 9.17) is 4.74 Å². The van der Waals surface area contributed by atoms with E-state index < -0.39 is 0 Å². The van der Waals surface area contributed by atoms with Gasteiger partial charge in [-0.25, -0.2) is 4.39 Å². The van der Waals surface area contributed by atoms with E-state index in [0.29, 0.717) is 6.61 Å². The first-order chi connectivity index (χ1) is 8.17. The molecule has 17 heavy (non-hydrogen) atoms. The maximum absolute atomic E-state index is 13.2. The standard InChI is InChI=1S/C15H19FO/c1-4-6-7-12(3)10-13-11-14(16)8-9-15(13)17-5-2/h8-9,11-12H,4-5,10H2,1-3H3. The summed E-state index contributed by atoms with van der Waals surface area (Å²) in [5.41, 5.74) is 0.893. The van der Waals surface area contributed by atoms with Crippen LogP contribution in [0.3, 0.4) is 0 Å². The highest BCUT2D eigenvalue weighted by molar-refractivity contribution is 5.35. The zero-order valence-electron chi connectivity index (χ0n) is 10.7. The molecule has 0 aliphatic rings. The molecule has 2 heteroatoms. The maximum Gasteiger partial charge on any atom is 0.123 e. The van der Waals surface area contributed by atoms with Gasteiger partial charge in [-0.15, -0.1) is 5.92 Å². The molecule has 0 spiro atoms. The largest absolute Gasteiger partial charge is 0.494 e. The zero-order valence-corrected chi connectivity index (χ0v) is 10.7. The van der Waals surface area contributed by atoms with Crippen molar-refractivity contribution in [3.05, 3.63) is 29.6 Å². The summed E-state index contributed by atoms with van der Waals surface area (Å²) in [5, 5.41) is 0. The number of hydrogen-bond acceptors (Lipinski definition) is 1. The second-order valence-corrected chi connectivity index (χ2v) is 3.96. The Hall–Kier alpha value is -1.49. The molecular formula is C15H19FO. The molecule has 0 aromatic heterocycles. The minimum Gasteiger partial charge on any atom is -0.494 e. The molecule has 0 bridgehead atoms. The van der Waals surface area contributed by atoms with Crippen LogP contribution in [0.4, 0.5) is 4.39 Å². The molecule has 0 heterocycles. The fourth-order valence-corrected chi connectivity index (χ4v) is 1.66. The fourth-order valence-electron chi connectivity index (χ4n) is 1.66. The third-order valence-corrected chi connectivity index (χ3v) is 2.37. The molecule has 0 radical (unpaired) electrons. The Morgan fingerprint density at radius 1 is 1.35 bits per heavy atom. The van der Waals surface area contributed by atoms with Gasteiger partial charge in [0.1, 0.15) is 11.6 Å². The number of halogens is 1. The lowest BCUT2D eigenvalue weighted by molar-refractivity contribution is 0.335. The highest BCUT2D eigenvalue weighted by Crippen LogP contribution is 2.22.